The van der Waals surface area contributed by atoms with Crippen LogP contribution in [0.2, 0.25) is 0 Å². The van der Waals surface area contributed by atoms with Gasteiger partial charge < -0.3 is 18.9 Å². The third kappa shape index (κ3) is 3.17. The van der Waals surface area contributed by atoms with Crippen LogP contribution in [0.15, 0.2) is 42.5 Å². The van der Waals surface area contributed by atoms with Crippen molar-refractivity contribution in [1.29, 1.82) is 0 Å². The van der Waals surface area contributed by atoms with Crippen molar-refractivity contribution in [2.24, 2.45) is 0 Å². The summed E-state index contributed by atoms with van der Waals surface area (Å²) in [5.74, 6) is 2.94. The number of benzene rings is 2. The normalized spacial score (nSPS) is 19.7. The van der Waals surface area contributed by atoms with Gasteiger partial charge in [0.05, 0.1) is 12.2 Å². The maximum absolute atomic E-state index is 6.20. The zero-order valence-corrected chi connectivity index (χ0v) is 15.5. The second-order valence-electron chi connectivity index (χ2n) is 7.31. The summed E-state index contributed by atoms with van der Waals surface area (Å²) in [5, 5.41) is 0. The molecule has 0 saturated carbocycles. The zero-order valence-electron chi connectivity index (χ0n) is 15.5. The van der Waals surface area contributed by atoms with Crippen LogP contribution in [0.25, 0.3) is 6.08 Å². The number of rotatable bonds is 4. The largest absolute Gasteiger partial charge is 0.492 e. The summed E-state index contributed by atoms with van der Waals surface area (Å²) in [6, 6.07) is 12.3. The molecule has 1 atom stereocenters. The minimum atomic E-state index is -0.282. The highest BCUT2D eigenvalue weighted by atomic mass is 16.7. The van der Waals surface area contributed by atoms with Gasteiger partial charge in [0.2, 0.25) is 0 Å². The Balaban J connectivity index is 1.62. The Kier molecular flexibility index (Phi) is 4.37. The van der Waals surface area contributed by atoms with E-state index in [1.165, 1.54) is 5.56 Å². The number of fused-ring (bicyclic) bond motifs is 3. The zero-order chi connectivity index (χ0) is 18.1. The molecule has 0 spiro atoms. The van der Waals surface area contributed by atoms with E-state index in [4.69, 9.17) is 18.9 Å². The van der Waals surface area contributed by atoms with E-state index < -0.39 is 0 Å². The van der Waals surface area contributed by atoms with Gasteiger partial charge in [-0.2, -0.15) is 0 Å². The van der Waals surface area contributed by atoms with E-state index in [-0.39, 0.29) is 18.3 Å². The van der Waals surface area contributed by atoms with Crippen LogP contribution in [0.1, 0.15) is 36.5 Å². The molecule has 4 rings (SSSR count). The minimum absolute atomic E-state index is 0.243. The Morgan fingerprint density at radius 1 is 1.15 bits per heavy atom. The molecule has 2 aromatic rings. The van der Waals surface area contributed by atoms with Crippen molar-refractivity contribution in [1.82, 2.24) is 0 Å². The molecule has 2 aromatic carbocycles. The summed E-state index contributed by atoms with van der Waals surface area (Å²) in [4.78, 5) is 0. The molecule has 0 amide bonds. The smallest absolute Gasteiger partial charge is 0.188 e. The highest BCUT2D eigenvalue weighted by Crippen LogP contribution is 2.44. The Hall–Kier alpha value is -2.46. The molecule has 1 unspecified atom stereocenters. The van der Waals surface area contributed by atoms with Gasteiger partial charge in [0, 0.05) is 18.6 Å². The van der Waals surface area contributed by atoms with Gasteiger partial charge in [0.25, 0.3) is 0 Å². The average Bonchev–Trinajstić information content (AvgIpc) is 2.65. The van der Waals surface area contributed by atoms with Gasteiger partial charge in [0.1, 0.15) is 22.8 Å². The Morgan fingerprint density at radius 3 is 2.85 bits per heavy atom. The van der Waals surface area contributed by atoms with Gasteiger partial charge >= 0.3 is 0 Å². The molecule has 0 radical (unpaired) electrons. The second-order valence-corrected chi connectivity index (χ2v) is 7.31. The fourth-order valence-electron chi connectivity index (χ4n) is 3.59. The lowest BCUT2D eigenvalue weighted by Gasteiger charge is -2.32. The predicted octanol–water partition coefficient (Wildman–Crippen LogP) is 4.57. The average molecular weight is 352 g/mol. The number of methoxy groups -OCH3 is 1. The molecule has 136 valence electrons. The topological polar surface area (TPSA) is 36.9 Å². The van der Waals surface area contributed by atoms with Crippen LogP contribution in [0.5, 0.6) is 17.2 Å². The summed E-state index contributed by atoms with van der Waals surface area (Å²) < 4.78 is 23.0. The molecular weight excluding hydrogens is 328 g/mol. The van der Waals surface area contributed by atoms with E-state index in [1.807, 2.05) is 18.2 Å². The highest BCUT2D eigenvalue weighted by molar-refractivity contribution is 5.69. The molecule has 0 N–H and O–H groups in total. The summed E-state index contributed by atoms with van der Waals surface area (Å²) in [5.41, 5.74) is 3.12. The molecular formula is C22H24O4. The number of hydrogen-bond acceptors (Lipinski definition) is 4. The summed E-state index contributed by atoms with van der Waals surface area (Å²) in [6.45, 7) is 4.97. The molecule has 2 aliphatic rings. The van der Waals surface area contributed by atoms with E-state index in [2.05, 4.69) is 44.2 Å². The first-order valence-electron chi connectivity index (χ1n) is 8.95. The Bertz CT molecular complexity index is 838. The van der Waals surface area contributed by atoms with E-state index in [9.17, 15) is 0 Å². The molecule has 0 fully saturated rings. The molecule has 0 saturated heterocycles. The van der Waals surface area contributed by atoms with Crippen LogP contribution in [-0.2, 0) is 11.2 Å². The van der Waals surface area contributed by atoms with Crippen LogP contribution < -0.4 is 14.2 Å². The van der Waals surface area contributed by atoms with E-state index >= 15 is 0 Å². The lowest BCUT2D eigenvalue weighted by atomic mass is 9.88. The van der Waals surface area contributed by atoms with Gasteiger partial charge in [-0.1, -0.05) is 24.3 Å². The van der Waals surface area contributed by atoms with Crippen molar-refractivity contribution in [2.45, 2.75) is 31.8 Å². The van der Waals surface area contributed by atoms with E-state index in [0.717, 1.165) is 34.8 Å². The molecule has 26 heavy (non-hydrogen) atoms. The van der Waals surface area contributed by atoms with Crippen molar-refractivity contribution < 1.29 is 18.9 Å². The highest BCUT2D eigenvalue weighted by Gasteiger charge is 2.30. The quantitative estimate of drug-likeness (QED) is 0.755. The van der Waals surface area contributed by atoms with E-state index in [0.29, 0.717) is 6.61 Å². The van der Waals surface area contributed by atoms with Crippen molar-refractivity contribution in [3.05, 3.63) is 59.2 Å². The molecule has 0 bridgehead atoms. The minimum Gasteiger partial charge on any atom is -0.492 e. The molecule has 0 aliphatic carbocycles. The van der Waals surface area contributed by atoms with Crippen LogP contribution >= 0.6 is 0 Å². The number of ether oxygens (including phenoxy) is 4. The SMILES string of the molecule is COCOc1ccccc1C1COc2c(ccc3c2C=CC(C)(C)O3)C1. The summed E-state index contributed by atoms with van der Waals surface area (Å²) in [6.07, 6.45) is 5.11. The number of para-hydroxylation sites is 1. The Morgan fingerprint density at radius 2 is 2.00 bits per heavy atom. The second kappa shape index (κ2) is 6.69. The van der Waals surface area contributed by atoms with Gasteiger partial charge in [-0.25, -0.2) is 0 Å². The van der Waals surface area contributed by atoms with Gasteiger partial charge in [-0.15, -0.1) is 0 Å². The van der Waals surface area contributed by atoms with Crippen molar-refractivity contribution in [2.75, 3.05) is 20.5 Å². The van der Waals surface area contributed by atoms with Gasteiger partial charge in [0.15, 0.2) is 6.79 Å². The van der Waals surface area contributed by atoms with Crippen LogP contribution in [-0.4, -0.2) is 26.1 Å². The molecule has 4 heteroatoms. The monoisotopic (exact) mass is 352 g/mol. The maximum Gasteiger partial charge on any atom is 0.188 e. The molecule has 0 aromatic heterocycles. The van der Waals surface area contributed by atoms with Crippen LogP contribution in [0.3, 0.4) is 0 Å². The van der Waals surface area contributed by atoms with Crippen molar-refractivity contribution in [3.63, 3.8) is 0 Å². The van der Waals surface area contributed by atoms with Crippen molar-refractivity contribution >= 4 is 6.08 Å². The summed E-state index contributed by atoms with van der Waals surface area (Å²) in [7, 11) is 1.63. The fourth-order valence-corrected chi connectivity index (χ4v) is 3.59. The predicted molar refractivity (Wildman–Crippen MR) is 101 cm³/mol. The van der Waals surface area contributed by atoms with Gasteiger partial charge in [-0.05, 0) is 50.1 Å². The van der Waals surface area contributed by atoms with Crippen LogP contribution in [0, 0.1) is 0 Å². The fraction of sp³-hybridized carbons (Fsp3) is 0.364. The van der Waals surface area contributed by atoms with E-state index in [1.54, 1.807) is 7.11 Å². The maximum atomic E-state index is 6.20. The first-order valence-corrected chi connectivity index (χ1v) is 8.95. The van der Waals surface area contributed by atoms with Crippen LogP contribution in [0.4, 0.5) is 0 Å². The Labute approximate surface area is 154 Å². The van der Waals surface area contributed by atoms with Gasteiger partial charge in [-0.3, -0.25) is 0 Å². The third-order valence-electron chi connectivity index (χ3n) is 4.85. The first-order chi connectivity index (χ1) is 12.6. The number of hydrogen-bond donors (Lipinski definition) is 0. The summed E-state index contributed by atoms with van der Waals surface area (Å²) >= 11 is 0. The molecule has 4 nitrogen and oxygen atoms in total. The first kappa shape index (κ1) is 17.0. The standard InChI is InChI=1S/C22H24O4/c1-22(2)11-10-18-20(26-22)9-8-15-12-16(13-24-21(15)18)17-6-4-5-7-19(17)25-14-23-3/h4-11,16H,12-14H2,1-3H3. The van der Waals surface area contributed by atoms with Crippen molar-refractivity contribution in [3.8, 4) is 17.2 Å². The lowest BCUT2D eigenvalue weighted by Crippen LogP contribution is -2.28. The molecule has 2 heterocycles. The molecule has 2 aliphatic heterocycles. The third-order valence-corrected chi connectivity index (χ3v) is 4.85. The lowest BCUT2D eigenvalue weighted by molar-refractivity contribution is 0.0498.